The molecule has 0 saturated carbocycles. The van der Waals surface area contributed by atoms with Crippen LogP contribution in [0.1, 0.15) is 5.89 Å². The fourth-order valence-corrected chi connectivity index (χ4v) is 3.15. The molecule has 1 saturated heterocycles. The molecule has 2 aromatic rings. The molecule has 1 aliphatic rings. The number of nitro benzene ring substituents is 1. The largest absolute Gasteiger partial charge is 0.440 e. The topological polar surface area (TPSA) is 81.6 Å². The Labute approximate surface area is 131 Å². The van der Waals surface area contributed by atoms with Crippen LogP contribution in [0.15, 0.2) is 22.6 Å². The number of morpholine rings is 1. The minimum Gasteiger partial charge on any atom is -0.440 e. The van der Waals surface area contributed by atoms with Gasteiger partial charge in [0.25, 0.3) is 5.69 Å². The molecular formula is C14H17N3O4S. The quantitative estimate of drug-likeness (QED) is 0.458. The Morgan fingerprint density at radius 1 is 1.36 bits per heavy atom. The van der Waals surface area contributed by atoms with Crippen molar-refractivity contribution < 1.29 is 14.1 Å². The molecule has 1 aromatic carbocycles. The summed E-state index contributed by atoms with van der Waals surface area (Å²) in [6, 6.07) is 4.48. The molecule has 0 amide bonds. The molecule has 1 fully saturated rings. The fourth-order valence-electron chi connectivity index (χ4n) is 2.32. The Balaban J connectivity index is 1.52. The van der Waals surface area contributed by atoms with E-state index in [1.54, 1.807) is 17.8 Å². The predicted octanol–water partition coefficient (Wildman–Crippen LogP) is 2.30. The first kappa shape index (κ1) is 15.3. The summed E-state index contributed by atoms with van der Waals surface area (Å²) in [6.07, 6.45) is 0. The van der Waals surface area contributed by atoms with Gasteiger partial charge in [-0.25, -0.2) is 4.98 Å². The third kappa shape index (κ3) is 3.76. The number of thioether (sulfide) groups is 1. The van der Waals surface area contributed by atoms with Gasteiger partial charge in [-0.15, -0.1) is 0 Å². The van der Waals surface area contributed by atoms with Crippen molar-refractivity contribution in [3.05, 3.63) is 34.2 Å². The zero-order chi connectivity index (χ0) is 15.4. The van der Waals surface area contributed by atoms with Gasteiger partial charge in [0.2, 0.25) is 5.89 Å². The molecule has 0 N–H and O–H groups in total. The summed E-state index contributed by atoms with van der Waals surface area (Å²) in [4.78, 5) is 17.0. The smallest absolute Gasteiger partial charge is 0.271 e. The van der Waals surface area contributed by atoms with Gasteiger partial charge in [0, 0.05) is 37.5 Å². The molecule has 118 valence electrons. The average molecular weight is 323 g/mol. The van der Waals surface area contributed by atoms with Crippen molar-refractivity contribution in [1.82, 2.24) is 9.88 Å². The van der Waals surface area contributed by atoms with Crippen LogP contribution in [0.5, 0.6) is 0 Å². The Morgan fingerprint density at radius 2 is 2.18 bits per heavy atom. The van der Waals surface area contributed by atoms with Gasteiger partial charge in [-0.2, -0.15) is 11.8 Å². The van der Waals surface area contributed by atoms with Crippen LogP contribution in [-0.2, 0) is 10.5 Å². The number of nitrogens with zero attached hydrogens (tertiary/aromatic N) is 3. The van der Waals surface area contributed by atoms with Gasteiger partial charge in [-0.1, -0.05) is 0 Å². The van der Waals surface area contributed by atoms with Crippen molar-refractivity contribution in [3.63, 3.8) is 0 Å². The van der Waals surface area contributed by atoms with E-state index in [0.717, 1.165) is 38.6 Å². The number of rotatable bonds is 6. The van der Waals surface area contributed by atoms with Gasteiger partial charge in [-0.05, 0) is 6.07 Å². The van der Waals surface area contributed by atoms with Gasteiger partial charge in [0.1, 0.15) is 5.52 Å². The molecule has 1 aromatic heterocycles. The van der Waals surface area contributed by atoms with E-state index in [0.29, 0.717) is 22.7 Å². The SMILES string of the molecule is O=[N+]([O-])c1ccc2oc(CSCCN3CCOCC3)nc2c1. The molecule has 0 atom stereocenters. The van der Waals surface area contributed by atoms with Crippen LogP contribution < -0.4 is 0 Å². The van der Waals surface area contributed by atoms with Crippen molar-refractivity contribution in [2.24, 2.45) is 0 Å². The van der Waals surface area contributed by atoms with Crippen LogP contribution in [-0.4, -0.2) is 53.4 Å². The van der Waals surface area contributed by atoms with Crippen LogP contribution >= 0.6 is 11.8 Å². The van der Waals surface area contributed by atoms with E-state index in [9.17, 15) is 10.1 Å². The Kier molecular flexibility index (Phi) is 4.91. The molecule has 1 aliphatic heterocycles. The lowest BCUT2D eigenvalue weighted by molar-refractivity contribution is -0.384. The van der Waals surface area contributed by atoms with Crippen molar-refractivity contribution in [2.75, 3.05) is 38.6 Å². The van der Waals surface area contributed by atoms with E-state index in [1.165, 1.54) is 12.1 Å². The number of ether oxygens (including phenoxy) is 1. The van der Waals surface area contributed by atoms with Crippen LogP contribution in [0.3, 0.4) is 0 Å². The number of non-ortho nitro benzene ring substituents is 1. The monoisotopic (exact) mass is 323 g/mol. The maximum Gasteiger partial charge on any atom is 0.271 e. The molecule has 0 radical (unpaired) electrons. The highest BCUT2D eigenvalue weighted by Crippen LogP contribution is 2.23. The second-order valence-electron chi connectivity index (χ2n) is 5.02. The number of nitro groups is 1. The summed E-state index contributed by atoms with van der Waals surface area (Å²) in [5, 5.41) is 10.7. The van der Waals surface area contributed by atoms with Crippen LogP contribution in [0.25, 0.3) is 11.1 Å². The Bertz CT molecular complexity index is 655. The minimum atomic E-state index is -0.426. The third-order valence-corrected chi connectivity index (χ3v) is 4.43. The lowest BCUT2D eigenvalue weighted by atomic mass is 10.3. The molecule has 22 heavy (non-hydrogen) atoms. The minimum absolute atomic E-state index is 0.0346. The number of oxazole rings is 1. The normalized spacial score (nSPS) is 16.2. The maximum atomic E-state index is 10.7. The molecule has 8 heteroatoms. The van der Waals surface area contributed by atoms with E-state index in [4.69, 9.17) is 9.15 Å². The maximum absolute atomic E-state index is 10.7. The first-order valence-corrected chi connectivity index (χ1v) is 8.29. The van der Waals surface area contributed by atoms with Crippen molar-refractivity contribution >= 4 is 28.5 Å². The Morgan fingerprint density at radius 3 is 2.95 bits per heavy atom. The third-order valence-electron chi connectivity index (χ3n) is 3.51. The lowest BCUT2D eigenvalue weighted by Crippen LogP contribution is -2.37. The molecule has 0 unspecified atom stereocenters. The fraction of sp³-hybridized carbons (Fsp3) is 0.500. The first-order valence-electron chi connectivity index (χ1n) is 7.14. The van der Waals surface area contributed by atoms with Crippen LogP contribution in [0.4, 0.5) is 5.69 Å². The van der Waals surface area contributed by atoms with E-state index in [1.807, 2.05) is 0 Å². The summed E-state index contributed by atoms with van der Waals surface area (Å²) in [6.45, 7) is 4.64. The predicted molar refractivity (Wildman–Crippen MR) is 84.1 cm³/mol. The average Bonchev–Trinajstić information content (AvgIpc) is 2.94. The first-order chi connectivity index (χ1) is 10.7. The molecule has 7 nitrogen and oxygen atoms in total. The van der Waals surface area contributed by atoms with E-state index in [2.05, 4.69) is 9.88 Å². The number of hydrogen-bond acceptors (Lipinski definition) is 7. The summed E-state index contributed by atoms with van der Waals surface area (Å²) >= 11 is 1.75. The van der Waals surface area contributed by atoms with Gasteiger partial charge in [-0.3, -0.25) is 15.0 Å². The molecule has 3 rings (SSSR count). The second-order valence-corrected chi connectivity index (χ2v) is 6.13. The zero-order valence-corrected chi connectivity index (χ0v) is 12.9. The van der Waals surface area contributed by atoms with Crippen molar-refractivity contribution in [1.29, 1.82) is 0 Å². The van der Waals surface area contributed by atoms with Gasteiger partial charge in [0.05, 0.1) is 23.9 Å². The number of fused-ring (bicyclic) bond motifs is 1. The summed E-state index contributed by atoms with van der Waals surface area (Å²) in [7, 11) is 0. The lowest BCUT2D eigenvalue weighted by Gasteiger charge is -2.26. The highest BCUT2D eigenvalue weighted by atomic mass is 32.2. The van der Waals surface area contributed by atoms with Gasteiger partial charge >= 0.3 is 0 Å². The summed E-state index contributed by atoms with van der Waals surface area (Å²) in [5.74, 6) is 2.29. The number of hydrogen-bond donors (Lipinski definition) is 0. The molecule has 0 aliphatic carbocycles. The van der Waals surface area contributed by atoms with Crippen LogP contribution in [0, 0.1) is 10.1 Å². The van der Waals surface area contributed by atoms with E-state index in [-0.39, 0.29) is 5.69 Å². The highest BCUT2D eigenvalue weighted by Gasteiger charge is 2.12. The van der Waals surface area contributed by atoms with E-state index >= 15 is 0 Å². The Hall–Kier alpha value is -1.64. The standard InChI is InChI=1S/C14H17N3O4S/c18-17(19)11-1-2-13-12(9-11)15-14(21-13)10-22-8-5-16-3-6-20-7-4-16/h1-2,9H,3-8,10H2. The van der Waals surface area contributed by atoms with Crippen molar-refractivity contribution in [3.8, 4) is 0 Å². The molecular weight excluding hydrogens is 306 g/mol. The summed E-state index contributed by atoms with van der Waals surface area (Å²) < 4.78 is 10.9. The number of aromatic nitrogens is 1. The molecule has 0 spiro atoms. The molecule has 0 bridgehead atoms. The number of benzene rings is 1. The summed E-state index contributed by atoms with van der Waals surface area (Å²) in [5.41, 5.74) is 1.17. The molecule has 2 heterocycles. The van der Waals surface area contributed by atoms with Gasteiger partial charge < -0.3 is 9.15 Å². The van der Waals surface area contributed by atoms with Crippen molar-refractivity contribution in [2.45, 2.75) is 5.75 Å². The van der Waals surface area contributed by atoms with E-state index < -0.39 is 4.92 Å². The van der Waals surface area contributed by atoms with Gasteiger partial charge in [0.15, 0.2) is 5.58 Å². The zero-order valence-electron chi connectivity index (χ0n) is 12.1. The second kappa shape index (κ2) is 7.08. The highest BCUT2D eigenvalue weighted by molar-refractivity contribution is 7.98. The van der Waals surface area contributed by atoms with Crippen LogP contribution in [0.2, 0.25) is 0 Å².